The summed E-state index contributed by atoms with van der Waals surface area (Å²) in [5.74, 6) is 0.765. The predicted molar refractivity (Wildman–Crippen MR) is 53.0 cm³/mol. The quantitative estimate of drug-likeness (QED) is 0.654. The smallest absolute Gasteiger partial charge is 0.284 e. The maximum absolute atomic E-state index is 5.49. The zero-order valence-electron chi connectivity index (χ0n) is 8.31. The highest BCUT2D eigenvalue weighted by Crippen LogP contribution is 2.21. The van der Waals surface area contributed by atoms with Gasteiger partial charge in [0.05, 0.1) is 0 Å². The first-order chi connectivity index (χ1) is 8.34. The summed E-state index contributed by atoms with van der Waals surface area (Å²) < 4.78 is 9.39. The average Bonchev–Trinajstić information content (AvgIpc) is 2.98. The van der Waals surface area contributed by atoms with Crippen LogP contribution in [0.1, 0.15) is 0 Å². The Labute approximate surface area is 93.6 Å². The van der Waals surface area contributed by atoms with Crippen molar-refractivity contribution in [3.63, 3.8) is 0 Å². The molecule has 0 radical (unpaired) electrons. The summed E-state index contributed by atoms with van der Waals surface area (Å²) in [5, 5.41) is 10.7. The summed E-state index contributed by atoms with van der Waals surface area (Å²) in [6.07, 6.45) is 3.15. The second-order valence-electron chi connectivity index (χ2n) is 2.99. The number of rotatable bonds is 2. The van der Waals surface area contributed by atoms with Gasteiger partial charge in [0.1, 0.15) is 0 Å². The van der Waals surface area contributed by atoms with Crippen molar-refractivity contribution < 1.29 is 9.15 Å². The molecule has 0 bridgehead atoms. The second kappa shape index (κ2) is 3.63. The van der Waals surface area contributed by atoms with Gasteiger partial charge in [-0.25, -0.2) is 14.6 Å². The van der Waals surface area contributed by atoms with Crippen LogP contribution in [0.4, 0.5) is 5.82 Å². The van der Waals surface area contributed by atoms with E-state index in [4.69, 9.17) is 10.3 Å². The molecule has 3 aromatic rings. The molecule has 0 aliphatic rings. The Morgan fingerprint density at radius 1 is 1.00 bits per heavy atom. The van der Waals surface area contributed by atoms with E-state index < -0.39 is 0 Å². The molecule has 0 spiro atoms. The Hall–Kier alpha value is -2.84. The lowest BCUT2D eigenvalue weighted by Gasteiger charge is -1.88. The molecule has 9 heteroatoms. The number of nitrogens with two attached hydrogens (primary N) is 1. The monoisotopic (exact) mass is 231 g/mol. The van der Waals surface area contributed by atoms with Crippen LogP contribution >= 0.6 is 0 Å². The van der Waals surface area contributed by atoms with Crippen LogP contribution in [0.25, 0.3) is 23.2 Å². The van der Waals surface area contributed by atoms with Crippen LogP contribution < -0.4 is 5.73 Å². The molecule has 0 aliphatic heterocycles. The summed E-state index contributed by atoms with van der Waals surface area (Å²) in [4.78, 5) is 12.0. The summed E-state index contributed by atoms with van der Waals surface area (Å²) in [6, 6.07) is 1.68. The van der Waals surface area contributed by atoms with Gasteiger partial charge in [0.2, 0.25) is 23.2 Å². The number of anilines is 1. The lowest BCUT2D eigenvalue weighted by atomic mass is 10.4. The fraction of sp³-hybridized carbons (Fsp3) is 0. The Kier molecular flexibility index (Phi) is 2.00. The van der Waals surface area contributed by atoms with Gasteiger partial charge < -0.3 is 10.3 Å². The van der Waals surface area contributed by atoms with Gasteiger partial charge in [0, 0.05) is 12.4 Å². The maximum atomic E-state index is 5.49. The third-order valence-electron chi connectivity index (χ3n) is 1.91. The molecular formula is C8H5N7O2. The van der Waals surface area contributed by atoms with Crippen LogP contribution in [-0.4, -0.2) is 30.4 Å². The zero-order valence-corrected chi connectivity index (χ0v) is 8.31. The molecule has 0 saturated heterocycles. The third-order valence-corrected chi connectivity index (χ3v) is 1.91. The lowest BCUT2D eigenvalue weighted by molar-refractivity contribution is 0.308. The molecule has 0 atom stereocenters. The van der Waals surface area contributed by atoms with Crippen LogP contribution in [0.15, 0.2) is 27.6 Å². The highest BCUT2D eigenvalue weighted by molar-refractivity contribution is 5.61. The molecule has 3 aromatic heterocycles. The molecule has 9 nitrogen and oxygen atoms in total. The Morgan fingerprint density at radius 3 is 2.53 bits per heavy atom. The van der Waals surface area contributed by atoms with Crippen LogP contribution in [0.3, 0.4) is 0 Å². The van der Waals surface area contributed by atoms with Crippen molar-refractivity contribution in [1.29, 1.82) is 0 Å². The fourth-order valence-corrected chi connectivity index (χ4v) is 1.17. The van der Waals surface area contributed by atoms with Crippen molar-refractivity contribution in [2.45, 2.75) is 0 Å². The van der Waals surface area contributed by atoms with Crippen LogP contribution in [0.5, 0.6) is 0 Å². The van der Waals surface area contributed by atoms with Crippen molar-refractivity contribution >= 4 is 5.82 Å². The van der Waals surface area contributed by atoms with Gasteiger partial charge in [0.15, 0.2) is 0 Å². The van der Waals surface area contributed by atoms with Gasteiger partial charge in [-0.2, -0.15) is 4.98 Å². The van der Waals surface area contributed by atoms with Crippen molar-refractivity contribution in [2.24, 2.45) is 0 Å². The molecule has 0 saturated carbocycles. The number of hydrogen-bond acceptors (Lipinski definition) is 9. The summed E-state index contributed by atoms with van der Waals surface area (Å²) >= 11 is 0. The first-order valence-corrected chi connectivity index (χ1v) is 4.54. The largest absolute Gasteiger partial charge is 0.379 e. The van der Waals surface area contributed by atoms with Gasteiger partial charge >= 0.3 is 0 Å². The third kappa shape index (κ3) is 1.58. The lowest BCUT2D eigenvalue weighted by Crippen LogP contribution is -1.90. The predicted octanol–water partition coefficient (Wildman–Crippen LogP) is 0.159. The first kappa shape index (κ1) is 9.39. The van der Waals surface area contributed by atoms with E-state index in [2.05, 4.69) is 35.1 Å². The minimum Gasteiger partial charge on any atom is -0.379 e. The van der Waals surface area contributed by atoms with Crippen molar-refractivity contribution in [1.82, 2.24) is 30.4 Å². The van der Waals surface area contributed by atoms with Gasteiger partial charge in [-0.3, -0.25) is 0 Å². The molecule has 84 valence electrons. The van der Waals surface area contributed by atoms with Gasteiger partial charge in [-0.1, -0.05) is 5.16 Å². The zero-order chi connectivity index (χ0) is 11.7. The van der Waals surface area contributed by atoms with E-state index in [1.807, 2.05) is 0 Å². The molecule has 2 N–H and O–H groups in total. The van der Waals surface area contributed by atoms with Crippen molar-refractivity contribution in [3.05, 3.63) is 18.5 Å². The Bertz CT molecular complexity index is 632. The summed E-state index contributed by atoms with van der Waals surface area (Å²) in [7, 11) is 0. The first-order valence-electron chi connectivity index (χ1n) is 4.54. The van der Waals surface area contributed by atoms with E-state index in [1.165, 1.54) is 0 Å². The maximum Gasteiger partial charge on any atom is 0.284 e. The number of nitrogens with zero attached hydrogens (tertiary/aromatic N) is 6. The highest BCUT2D eigenvalue weighted by atomic mass is 16.6. The van der Waals surface area contributed by atoms with E-state index in [-0.39, 0.29) is 23.2 Å². The SMILES string of the molecule is Nc1nonc1-c1nc(-c2ncccn2)no1. The Morgan fingerprint density at radius 2 is 1.82 bits per heavy atom. The van der Waals surface area contributed by atoms with Crippen LogP contribution in [0, 0.1) is 0 Å². The normalized spacial score (nSPS) is 10.6. The number of nitrogen functional groups attached to an aromatic ring is 1. The topological polar surface area (TPSA) is 130 Å². The van der Waals surface area contributed by atoms with E-state index in [0.29, 0.717) is 5.82 Å². The van der Waals surface area contributed by atoms with E-state index in [0.717, 1.165) is 0 Å². The molecule has 0 unspecified atom stereocenters. The summed E-state index contributed by atoms with van der Waals surface area (Å²) in [6.45, 7) is 0. The molecule has 3 rings (SSSR count). The molecule has 3 heterocycles. The van der Waals surface area contributed by atoms with Gasteiger partial charge in [-0.05, 0) is 16.4 Å². The van der Waals surface area contributed by atoms with E-state index in [1.54, 1.807) is 18.5 Å². The van der Waals surface area contributed by atoms with Crippen LogP contribution in [0.2, 0.25) is 0 Å². The van der Waals surface area contributed by atoms with Gasteiger partial charge in [0.25, 0.3) is 5.89 Å². The minimum absolute atomic E-state index is 0.0779. The highest BCUT2D eigenvalue weighted by Gasteiger charge is 2.18. The Balaban J connectivity index is 2.02. The fourth-order valence-electron chi connectivity index (χ4n) is 1.17. The molecule has 0 aromatic carbocycles. The van der Waals surface area contributed by atoms with E-state index >= 15 is 0 Å². The average molecular weight is 231 g/mol. The molecular weight excluding hydrogens is 226 g/mol. The van der Waals surface area contributed by atoms with Crippen molar-refractivity contribution in [3.8, 4) is 23.2 Å². The minimum atomic E-state index is 0.0779. The number of aromatic nitrogens is 6. The molecule has 0 amide bonds. The van der Waals surface area contributed by atoms with E-state index in [9.17, 15) is 0 Å². The van der Waals surface area contributed by atoms with Crippen LogP contribution in [-0.2, 0) is 0 Å². The van der Waals surface area contributed by atoms with Gasteiger partial charge in [-0.15, -0.1) is 0 Å². The molecule has 0 aliphatic carbocycles. The summed E-state index contributed by atoms with van der Waals surface area (Å²) in [5.41, 5.74) is 5.69. The molecule has 17 heavy (non-hydrogen) atoms. The second-order valence-corrected chi connectivity index (χ2v) is 2.99. The molecule has 0 fully saturated rings. The van der Waals surface area contributed by atoms with Crippen molar-refractivity contribution in [2.75, 3.05) is 5.73 Å². The number of hydrogen-bond donors (Lipinski definition) is 1. The standard InChI is InChI=1S/C8H5N7O2/c9-5-4(13-17-14-5)8-12-7(15-16-8)6-10-2-1-3-11-6/h1-3H,(H2,9,14).